The van der Waals surface area contributed by atoms with Gasteiger partial charge in [0.15, 0.2) is 0 Å². The van der Waals surface area contributed by atoms with Crippen LogP contribution in [0.4, 0.5) is 5.69 Å². The van der Waals surface area contributed by atoms with Gasteiger partial charge in [0.25, 0.3) is 11.8 Å². The van der Waals surface area contributed by atoms with Gasteiger partial charge in [-0.25, -0.2) is 9.97 Å². The number of hydrogen-bond acceptors (Lipinski definition) is 6. The van der Waals surface area contributed by atoms with E-state index in [0.717, 1.165) is 39.2 Å². The smallest absolute Gasteiger partial charge is 0.262 e. The normalized spacial score (nSPS) is 16.7. The third-order valence-corrected chi connectivity index (χ3v) is 9.57. The van der Waals surface area contributed by atoms with Crippen molar-refractivity contribution < 1.29 is 19.1 Å². The van der Waals surface area contributed by atoms with Crippen molar-refractivity contribution in [3.8, 4) is 28.3 Å². The molecule has 10 heteroatoms. The molecule has 10 nitrogen and oxygen atoms in total. The summed E-state index contributed by atoms with van der Waals surface area (Å²) in [5, 5.41) is 0.849. The highest BCUT2D eigenvalue weighted by Gasteiger charge is 2.30. The summed E-state index contributed by atoms with van der Waals surface area (Å²) in [7, 11) is 1.75. The van der Waals surface area contributed by atoms with E-state index >= 15 is 0 Å². The van der Waals surface area contributed by atoms with Gasteiger partial charge in [-0.2, -0.15) is 0 Å². The van der Waals surface area contributed by atoms with Crippen LogP contribution in [0.15, 0.2) is 73.1 Å². The fourth-order valence-electron chi connectivity index (χ4n) is 6.62. The highest BCUT2D eigenvalue weighted by atomic mass is 16.5. The molecule has 1 saturated carbocycles. The number of amides is 3. The monoisotopic (exact) mass is 626 g/mol. The maximum atomic E-state index is 13.9. The Morgan fingerprint density at radius 3 is 2.55 bits per heavy atom. The van der Waals surface area contributed by atoms with Gasteiger partial charge in [0.2, 0.25) is 5.91 Å². The van der Waals surface area contributed by atoms with Crippen LogP contribution < -0.4 is 9.64 Å². The highest BCUT2D eigenvalue weighted by molar-refractivity contribution is 6.09. The Kier molecular flexibility index (Phi) is 7.00. The van der Waals surface area contributed by atoms with Crippen LogP contribution in [0.5, 0.6) is 5.75 Å². The summed E-state index contributed by atoms with van der Waals surface area (Å²) in [5.74, 6) is 0.966. The molecule has 0 radical (unpaired) electrons. The summed E-state index contributed by atoms with van der Waals surface area (Å²) in [6, 6.07) is 21.4. The molecule has 5 aromatic rings. The first-order valence-corrected chi connectivity index (χ1v) is 16.0. The Bertz CT molecular complexity index is 2070. The third-order valence-electron chi connectivity index (χ3n) is 9.57. The zero-order valence-electron chi connectivity index (χ0n) is 26.3. The zero-order chi connectivity index (χ0) is 32.2. The number of carbonyl (C=O) groups excluding carboxylic acids is 3. The van der Waals surface area contributed by atoms with Gasteiger partial charge in [-0.05, 0) is 78.8 Å². The Labute approximate surface area is 272 Å². The van der Waals surface area contributed by atoms with E-state index in [9.17, 15) is 14.4 Å². The van der Waals surface area contributed by atoms with Gasteiger partial charge in [-0.3, -0.25) is 14.4 Å². The molecule has 1 N–H and O–H groups in total. The minimum absolute atomic E-state index is 0.0587. The van der Waals surface area contributed by atoms with Gasteiger partial charge >= 0.3 is 0 Å². The number of carbonyl (C=O) groups is 3. The number of H-pyrrole nitrogens is 1. The summed E-state index contributed by atoms with van der Waals surface area (Å²) in [4.78, 5) is 56.7. The van der Waals surface area contributed by atoms with Crippen LogP contribution in [0.2, 0.25) is 0 Å². The quantitative estimate of drug-likeness (QED) is 0.279. The Hall–Kier alpha value is -5.51. The molecule has 47 heavy (non-hydrogen) atoms. The predicted octanol–water partition coefficient (Wildman–Crippen LogP) is 5.43. The number of piperazine rings is 1. The van der Waals surface area contributed by atoms with Crippen LogP contribution in [-0.2, 0) is 4.79 Å². The predicted molar refractivity (Wildman–Crippen MR) is 179 cm³/mol. The first-order valence-electron chi connectivity index (χ1n) is 16.0. The van der Waals surface area contributed by atoms with E-state index in [1.54, 1.807) is 35.3 Å². The van der Waals surface area contributed by atoms with E-state index in [2.05, 4.69) is 16.0 Å². The molecular weight excluding hydrogens is 592 g/mol. The van der Waals surface area contributed by atoms with Gasteiger partial charge in [-0.15, -0.1) is 0 Å². The number of nitrogens with zero attached hydrogens (tertiary/aromatic N) is 5. The number of ether oxygens (including phenoxy) is 1. The maximum absolute atomic E-state index is 13.9. The standard InChI is InChI=1S/C37H34N6O4/c1-22-27(4-3-5-31(22)43-16-17-47-32-18-26(23-6-7-23)12-13-28(32)37(43)46)34-29-19-30(40-35(29)39-21-38-34)24-8-10-25(11-9-24)36(45)42-15-14-41(2)33(44)20-42/h3-5,8-13,18-19,21,23H,6-7,14-17,20H2,1-2H3,(H,38,39,40). The molecule has 2 aromatic heterocycles. The van der Waals surface area contributed by atoms with Crippen molar-refractivity contribution in [1.82, 2.24) is 24.8 Å². The largest absolute Gasteiger partial charge is 0.491 e. The van der Waals surface area contributed by atoms with Crippen LogP contribution in [0.1, 0.15) is 50.6 Å². The molecule has 0 spiro atoms. The van der Waals surface area contributed by atoms with E-state index < -0.39 is 0 Å². The van der Waals surface area contributed by atoms with Crippen molar-refractivity contribution in [2.24, 2.45) is 0 Å². The number of benzene rings is 3. The lowest BCUT2D eigenvalue weighted by atomic mass is 10.00. The minimum Gasteiger partial charge on any atom is -0.491 e. The van der Waals surface area contributed by atoms with Gasteiger partial charge in [-0.1, -0.05) is 30.3 Å². The molecule has 4 heterocycles. The fourth-order valence-corrected chi connectivity index (χ4v) is 6.62. The van der Waals surface area contributed by atoms with E-state index in [-0.39, 0.29) is 24.3 Å². The molecule has 8 rings (SSSR count). The van der Waals surface area contributed by atoms with Crippen molar-refractivity contribution in [3.63, 3.8) is 0 Å². The number of nitrogens with one attached hydrogen (secondary N) is 1. The van der Waals surface area contributed by atoms with Crippen molar-refractivity contribution >= 4 is 34.4 Å². The molecule has 3 aliphatic rings. The number of aromatic nitrogens is 3. The molecule has 0 bridgehead atoms. The molecule has 1 aliphatic carbocycles. The number of anilines is 1. The van der Waals surface area contributed by atoms with E-state index in [0.29, 0.717) is 54.7 Å². The number of fused-ring (bicyclic) bond motifs is 2. The second-order valence-corrected chi connectivity index (χ2v) is 12.6. The number of rotatable bonds is 5. The van der Waals surface area contributed by atoms with Gasteiger partial charge < -0.3 is 24.4 Å². The first-order chi connectivity index (χ1) is 22.9. The van der Waals surface area contributed by atoms with Crippen molar-refractivity contribution in [3.05, 3.63) is 95.3 Å². The second-order valence-electron chi connectivity index (χ2n) is 12.6. The van der Waals surface area contributed by atoms with E-state index in [4.69, 9.17) is 9.72 Å². The Balaban J connectivity index is 1.08. The van der Waals surface area contributed by atoms with Crippen LogP contribution >= 0.6 is 0 Å². The lowest BCUT2D eigenvalue weighted by Crippen LogP contribution is -2.50. The fraction of sp³-hybridized carbons (Fsp3) is 0.270. The zero-order valence-corrected chi connectivity index (χ0v) is 26.3. The van der Waals surface area contributed by atoms with Crippen LogP contribution in [0.3, 0.4) is 0 Å². The summed E-state index contributed by atoms with van der Waals surface area (Å²) >= 11 is 0. The van der Waals surface area contributed by atoms with Gasteiger partial charge in [0.05, 0.1) is 17.8 Å². The molecule has 0 atom stereocenters. The lowest BCUT2D eigenvalue weighted by molar-refractivity contribution is -0.133. The average Bonchev–Trinajstić information content (AvgIpc) is 3.87. The first kappa shape index (κ1) is 28.9. The van der Waals surface area contributed by atoms with Crippen molar-refractivity contribution in [2.45, 2.75) is 25.7 Å². The molecular formula is C37H34N6O4. The number of hydrogen-bond donors (Lipinski definition) is 1. The lowest BCUT2D eigenvalue weighted by Gasteiger charge is -2.32. The van der Waals surface area contributed by atoms with Crippen LogP contribution in [-0.4, -0.2) is 82.3 Å². The molecule has 2 aliphatic heterocycles. The summed E-state index contributed by atoms with van der Waals surface area (Å²) in [5.41, 5.74) is 8.21. The number of likely N-dealkylation sites (N-methyl/N-ethyl adjacent to an activating group) is 1. The Morgan fingerprint density at radius 1 is 0.936 bits per heavy atom. The van der Waals surface area contributed by atoms with Crippen molar-refractivity contribution in [1.29, 1.82) is 0 Å². The molecule has 3 amide bonds. The maximum Gasteiger partial charge on any atom is 0.262 e. The second kappa shape index (κ2) is 11.4. The van der Waals surface area contributed by atoms with Crippen LogP contribution in [0.25, 0.3) is 33.5 Å². The van der Waals surface area contributed by atoms with Crippen molar-refractivity contribution in [2.75, 3.05) is 44.7 Å². The Morgan fingerprint density at radius 2 is 1.77 bits per heavy atom. The topological polar surface area (TPSA) is 112 Å². The minimum atomic E-state index is -0.154. The SMILES string of the molecule is Cc1c(-c2ncnc3[nH]c(-c4ccc(C(=O)N5CCN(C)C(=O)C5)cc4)cc23)cccc1N1CCOc2cc(C3CC3)ccc2C1=O. The molecule has 236 valence electrons. The highest BCUT2D eigenvalue weighted by Crippen LogP contribution is 2.42. The summed E-state index contributed by atoms with van der Waals surface area (Å²) in [6.45, 7) is 4.00. The number of aromatic amines is 1. The van der Waals surface area contributed by atoms with Crippen LogP contribution in [0, 0.1) is 6.92 Å². The molecule has 2 fully saturated rings. The summed E-state index contributed by atoms with van der Waals surface area (Å²) in [6.07, 6.45) is 3.93. The third kappa shape index (κ3) is 5.19. The summed E-state index contributed by atoms with van der Waals surface area (Å²) < 4.78 is 6.08. The molecule has 1 saturated heterocycles. The average molecular weight is 627 g/mol. The van der Waals surface area contributed by atoms with Gasteiger partial charge in [0.1, 0.15) is 30.9 Å². The van der Waals surface area contributed by atoms with E-state index in [1.165, 1.54) is 18.4 Å². The van der Waals surface area contributed by atoms with E-state index in [1.807, 2.05) is 60.4 Å². The molecule has 0 unspecified atom stereocenters. The molecule has 3 aromatic carbocycles. The van der Waals surface area contributed by atoms with Gasteiger partial charge in [0, 0.05) is 48.0 Å².